The molecule has 14 heavy (non-hydrogen) atoms. The van der Waals surface area contributed by atoms with Gasteiger partial charge < -0.3 is 9.84 Å². The summed E-state index contributed by atoms with van der Waals surface area (Å²) in [6.45, 7) is 9.17. The molecule has 2 N–H and O–H groups in total. The van der Waals surface area contributed by atoms with E-state index in [1.807, 2.05) is 0 Å². The van der Waals surface area contributed by atoms with Crippen molar-refractivity contribution in [1.82, 2.24) is 0 Å². The number of aliphatic hydroxyl groups is 1. The van der Waals surface area contributed by atoms with Crippen LogP contribution in [0.2, 0.25) is 0 Å². The van der Waals surface area contributed by atoms with Crippen LogP contribution in [-0.2, 0) is 9.62 Å². The average Bonchev–Trinajstić information content (AvgIpc) is 2.13. The van der Waals surface area contributed by atoms with Crippen LogP contribution in [0, 0.1) is 0 Å². The van der Waals surface area contributed by atoms with Crippen LogP contribution in [0.4, 0.5) is 0 Å². The number of hydrogen-bond donors (Lipinski definition) is 2. The van der Waals surface area contributed by atoms with E-state index >= 15 is 0 Å². The molecule has 0 aliphatic rings. The molecule has 0 aliphatic heterocycles. The van der Waals surface area contributed by atoms with E-state index in [-0.39, 0.29) is 0 Å². The van der Waals surface area contributed by atoms with Crippen molar-refractivity contribution < 1.29 is 20.0 Å². The summed E-state index contributed by atoms with van der Waals surface area (Å²) in [5.41, 5.74) is 0. The number of rotatable bonds is 8. The predicted molar refractivity (Wildman–Crippen MR) is 53.7 cm³/mol. The van der Waals surface area contributed by atoms with Gasteiger partial charge in [0.1, 0.15) is 6.10 Å². The Kier molecular flexibility index (Phi) is 7.10. The van der Waals surface area contributed by atoms with Gasteiger partial charge in [-0.25, -0.2) is 4.89 Å². The summed E-state index contributed by atoms with van der Waals surface area (Å²) in [4.78, 5) is 4.06. The van der Waals surface area contributed by atoms with Gasteiger partial charge in [0.2, 0.25) is 0 Å². The molecule has 0 radical (unpaired) electrons. The third-order valence-corrected chi connectivity index (χ3v) is 1.70. The second-order valence-corrected chi connectivity index (χ2v) is 3.11. The van der Waals surface area contributed by atoms with Crippen molar-refractivity contribution >= 4 is 0 Å². The maximum absolute atomic E-state index is 9.45. The Balaban J connectivity index is 3.58. The lowest BCUT2D eigenvalue weighted by atomic mass is 10.1. The summed E-state index contributed by atoms with van der Waals surface area (Å²) in [7, 11) is 0. The van der Waals surface area contributed by atoms with Gasteiger partial charge in [-0.2, -0.15) is 0 Å². The molecule has 0 aromatic carbocycles. The predicted octanol–water partition coefficient (Wildman–Crippen LogP) is 1.72. The van der Waals surface area contributed by atoms with E-state index in [0.29, 0.717) is 25.2 Å². The van der Waals surface area contributed by atoms with E-state index in [0.717, 1.165) is 0 Å². The molecule has 2 atom stereocenters. The molecule has 2 unspecified atom stereocenters. The second kappa shape index (κ2) is 7.55. The Hall–Kier alpha value is -0.840. The lowest BCUT2D eigenvalue weighted by Crippen LogP contribution is -2.19. The fraction of sp³-hybridized carbons (Fsp3) is 0.600. The molecule has 82 valence electrons. The maximum Gasteiger partial charge on any atom is 0.113 e. The molecule has 4 nitrogen and oxygen atoms in total. The molecular weight excluding hydrogens is 184 g/mol. The van der Waals surface area contributed by atoms with Crippen molar-refractivity contribution in [3.8, 4) is 0 Å². The fourth-order valence-corrected chi connectivity index (χ4v) is 0.937. The molecule has 0 amide bonds. The highest BCUT2D eigenvalue weighted by molar-refractivity contribution is 4.81. The topological polar surface area (TPSA) is 58.9 Å². The highest BCUT2D eigenvalue weighted by Crippen LogP contribution is 2.07. The molecule has 4 heteroatoms. The van der Waals surface area contributed by atoms with Crippen molar-refractivity contribution in [2.45, 2.75) is 32.0 Å². The van der Waals surface area contributed by atoms with Gasteiger partial charge in [0.15, 0.2) is 0 Å². The molecule has 0 fully saturated rings. The van der Waals surface area contributed by atoms with Crippen LogP contribution >= 0.6 is 0 Å². The molecule has 0 aromatic heterocycles. The molecule has 0 spiro atoms. The summed E-state index contributed by atoms with van der Waals surface area (Å²) in [5.74, 6) is 0.621. The quantitative estimate of drug-likeness (QED) is 0.272. The third-order valence-electron chi connectivity index (χ3n) is 1.70. The van der Waals surface area contributed by atoms with E-state index in [1.165, 1.54) is 6.08 Å². The van der Waals surface area contributed by atoms with Crippen LogP contribution in [0.1, 0.15) is 19.8 Å². The summed E-state index contributed by atoms with van der Waals surface area (Å²) in [6, 6.07) is 0. The second-order valence-electron chi connectivity index (χ2n) is 3.11. The van der Waals surface area contributed by atoms with Crippen molar-refractivity contribution in [3.05, 3.63) is 25.0 Å². The first-order chi connectivity index (χ1) is 6.60. The Morgan fingerprint density at radius 3 is 2.64 bits per heavy atom. The third kappa shape index (κ3) is 6.65. The van der Waals surface area contributed by atoms with E-state index in [4.69, 9.17) is 9.99 Å². The fourth-order valence-electron chi connectivity index (χ4n) is 0.937. The lowest BCUT2D eigenvalue weighted by molar-refractivity contribution is -0.270. The zero-order chi connectivity index (χ0) is 11.0. The molecule has 0 rings (SSSR count). The van der Waals surface area contributed by atoms with Gasteiger partial charge in [-0.1, -0.05) is 12.7 Å². The van der Waals surface area contributed by atoms with E-state index in [9.17, 15) is 5.11 Å². The van der Waals surface area contributed by atoms with Crippen molar-refractivity contribution in [2.24, 2.45) is 0 Å². The maximum atomic E-state index is 9.45. The van der Waals surface area contributed by atoms with Crippen LogP contribution in [0.25, 0.3) is 0 Å². The Morgan fingerprint density at radius 2 is 2.21 bits per heavy atom. The van der Waals surface area contributed by atoms with E-state index in [2.05, 4.69) is 18.0 Å². The SMILES string of the molecule is C=CC(CC(O)CCOC(=C)C)OO. The molecule has 0 aliphatic carbocycles. The largest absolute Gasteiger partial charge is 0.499 e. The number of hydrogen-bond acceptors (Lipinski definition) is 4. The van der Waals surface area contributed by atoms with Crippen molar-refractivity contribution in [2.75, 3.05) is 6.61 Å². The molecule has 0 bridgehead atoms. The first-order valence-corrected chi connectivity index (χ1v) is 4.49. The molecule has 0 saturated carbocycles. The van der Waals surface area contributed by atoms with E-state index in [1.54, 1.807) is 6.92 Å². The Bertz CT molecular complexity index is 179. The first kappa shape index (κ1) is 13.2. The Labute approximate surface area is 84.4 Å². The monoisotopic (exact) mass is 202 g/mol. The van der Waals surface area contributed by atoms with Crippen LogP contribution in [0.5, 0.6) is 0 Å². The van der Waals surface area contributed by atoms with Gasteiger partial charge in [0, 0.05) is 12.8 Å². The summed E-state index contributed by atoms with van der Waals surface area (Å²) in [6.07, 6.45) is 1.10. The minimum Gasteiger partial charge on any atom is -0.499 e. The zero-order valence-corrected chi connectivity index (χ0v) is 8.48. The summed E-state index contributed by atoms with van der Waals surface area (Å²) >= 11 is 0. The van der Waals surface area contributed by atoms with Gasteiger partial charge in [-0.05, 0) is 6.92 Å². The van der Waals surface area contributed by atoms with Gasteiger partial charge >= 0.3 is 0 Å². The van der Waals surface area contributed by atoms with Crippen molar-refractivity contribution in [1.29, 1.82) is 0 Å². The molecular formula is C10H18O4. The Morgan fingerprint density at radius 1 is 1.57 bits per heavy atom. The van der Waals surface area contributed by atoms with Crippen LogP contribution < -0.4 is 0 Å². The highest BCUT2D eigenvalue weighted by Gasteiger charge is 2.11. The van der Waals surface area contributed by atoms with Gasteiger partial charge in [-0.3, -0.25) is 5.26 Å². The lowest BCUT2D eigenvalue weighted by Gasteiger charge is -2.14. The number of allylic oxidation sites excluding steroid dienone is 1. The molecule has 0 heterocycles. The first-order valence-electron chi connectivity index (χ1n) is 4.49. The average molecular weight is 202 g/mol. The van der Waals surface area contributed by atoms with Gasteiger partial charge in [0.25, 0.3) is 0 Å². The van der Waals surface area contributed by atoms with Gasteiger partial charge in [0.05, 0.1) is 18.5 Å². The smallest absolute Gasteiger partial charge is 0.113 e. The van der Waals surface area contributed by atoms with Crippen molar-refractivity contribution in [3.63, 3.8) is 0 Å². The number of ether oxygens (including phenoxy) is 1. The standard InChI is InChI=1S/C10H18O4/c1-4-10(14-12)7-9(11)5-6-13-8(2)3/h4,9-12H,1-2,5-7H2,3H3. The minimum absolute atomic E-state index is 0.305. The normalized spacial score (nSPS) is 14.5. The van der Waals surface area contributed by atoms with Crippen LogP contribution in [0.15, 0.2) is 25.0 Å². The van der Waals surface area contributed by atoms with E-state index < -0.39 is 12.2 Å². The minimum atomic E-state index is -0.579. The zero-order valence-electron chi connectivity index (χ0n) is 8.48. The van der Waals surface area contributed by atoms with Crippen LogP contribution in [-0.4, -0.2) is 29.2 Å². The summed E-state index contributed by atoms with van der Waals surface area (Å²) in [5, 5.41) is 17.8. The van der Waals surface area contributed by atoms with Crippen LogP contribution in [0.3, 0.4) is 0 Å². The van der Waals surface area contributed by atoms with Gasteiger partial charge in [-0.15, -0.1) is 6.58 Å². The summed E-state index contributed by atoms with van der Waals surface area (Å²) < 4.78 is 5.08. The highest BCUT2D eigenvalue weighted by atomic mass is 17.1. The molecule has 0 aromatic rings. The number of aliphatic hydroxyl groups excluding tert-OH is 1. The molecule has 0 saturated heterocycles.